The number of nitrogens with one attached hydrogen (secondary N) is 1. The standard InChI is InChI=1S/C31H37FN2O4/c1-3-4-20-33-31(36)29(22-24-9-6-5-7-10-24)34(23-25-12-14-26(32)15-13-25)30(35)11-8-21-38-28-18-16-27(37-2)17-19-28/h5-7,9-10,12-19,29H,3-4,8,11,20-23H2,1-2H3,(H,33,36)/t29-/m0/s1. The van der Waals surface area contributed by atoms with E-state index < -0.39 is 6.04 Å². The fourth-order valence-corrected chi connectivity index (χ4v) is 4.08. The molecule has 6 nitrogen and oxygen atoms in total. The molecule has 202 valence electrons. The number of carbonyl (C=O) groups is 2. The van der Waals surface area contributed by atoms with Gasteiger partial charge in [-0.05, 0) is 60.4 Å². The number of methoxy groups -OCH3 is 1. The number of unbranched alkanes of at least 4 members (excludes halogenated alkanes) is 1. The molecule has 0 aromatic heterocycles. The van der Waals surface area contributed by atoms with Gasteiger partial charge in [0.25, 0.3) is 0 Å². The Morgan fingerprint density at radius 3 is 2.24 bits per heavy atom. The molecule has 3 rings (SSSR count). The lowest BCUT2D eigenvalue weighted by Gasteiger charge is -2.31. The summed E-state index contributed by atoms with van der Waals surface area (Å²) >= 11 is 0. The monoisotopic (exact) mass is 520 g/mol. The third-order valence-corrected chi connectivity index (χ3v) is 6.23. The van der Waals surface area contributed by atoms with Crippen molar-refractivity contribution in [3.05, 3.63) is 95.8 Å². The number of hydrogen-bond acceptors (Lipinski definition) is 4. The highest BCUT2D eigenvalue weighted by atomic mass is 19.1. The van der Waals surface area contributed by atoms with Gasteiger partial charge in [0, 0.05) is 25.9 Å². The molecule has 0 aliphatic heterocycles. The largest absolute Gasteiger partial charge is 0.497 e. The molecule has 1 atom stereocenters. The van der Waals surface area contributed by atoms with Crippen LogP contribution in [0.1, 0.15) is 43.7 Å². The molecule has 0 bridgehead atoms. The normalized spacial score (nSPS) is 11.4. The van der Waals surface area contributed by atoms with Gasteiger partial charge in [-0.1, -0.05) is 55.8 Å². The third-order valence-electron chi connectivity index (χ3n) is 6.23. The molecule has 0 radical (unpaired) electrons. The van der Waals surface area contributed by atoms with Crippen molar-refractivity contribution in [3.63, 3.8) is 0 Å². The van der Waals surface area contributed by atoms with E-state index in [1.807, 2.05) is 54.6 Å². The maximum absolute atomic E-state index is 13.6. The number of amides is 2. The second-order valence-corrected chi connectivity index (χ2v) is 9.13. The smallest absolute Gasteiger partial charge is 0.243 e. The van der Waals surface area contributed by atoms with Crippen molar-refractivity contribution in [1.82, 2.24) is 10.2 Å². The van der Waals surface area contributed by atoms with Crippen molar-refractivity contribution in [2.24, 2.45) is 0 Å². The molecular weight excluding hydrogens is 483 g/mol. The molecule has 0 unspecified atom stereocenters. The Bertz CT molecular complexity index is 1120. The van der Waals surface area contributed by atoms with Gasteiger partial charge in [0.2, 0.25) is 11.8 Å². The average molecular weight is 521 g/mol. The molecule has 0 aliphatic carbocycles. The number of nitrogens with zero attached hydrogens (tertiary/aromatic N) is 1. The van der Waals surface area contributed by atoms with E-state index in [-0.39, 0.29) is 30.6 Å². The SMILES string of the molecule is CCCCNC(=O)[C@H](Cc1ccccc1)N(Cc1ccc(F)cc1)C(=O)CCCOc1ccc(OC)cc1. The third kappa shape index (κ3) is 9.21. The molecule has 7 heteroatoms. The zero-order valence-corrected chi connectivity index (χ0v) is 22.2. The van der Waals surface area contributed by atoms with Crippen LogP contribution in [0.25, 0.3) is 0 Å². The summed E-state index contributed by atoms with van der Waals surface area (Å²) in [7, 11) is 1.61. The minimum Gasteiger partial charge on any atom is -0.497 e. The Balaban J connectivity index is 1.75. The summed E-state index contributed by atoms with van der Waals surface area (Å²) in [5.41, 5.74) is 1.72. The first-order valence-electron chi connectivity index (χ1n) is 13.1. The fourth-order valence-electron chi connectivity index (χ4n) is 4.08. The van der Waals surface area contributed by atoms with Gasteiger partial charge < -0.3 is 19.7 Å². The second-order valence-electron chi connectivity index (χ2n) is 9.13. The van der Waals surface area contributed by atoms with Gasteiger partial charge in [0.15, 0.2) is 0 Å². The lowest BCUT2D eigenvalue weighted by atomic mass is 10.0. The highest BCUT2D eigenvalue weighted by Crippen LogP contribution is 2.19. The lowest BCUT2D eigenvalue weighted by Crippen LogP contribution is -2.50. The Morgan fingerprint density at radius 2 is 1.58 bits per heavy atom. The summed E-state index contributed by atoms with van der Waals surface area (Å²) in [4.78, 5) is 28.6. The number of carbonyl (C=O) groups excluding carboxylic acids is 2. The van der Waals surface area contributed by atoms with E-state index in [9.17, 15) is 14.0 Å². The first-order valence-corrected chi connectivity index (χ1v) is 13.1. The van der Waals surface area contributed by atoms with E-state index in [2.05, 4.69) is 12.2 Å². The molecule has 0 heterocycles. The van der Waals surface area contributed by atoms with Crippen LogP contribution < -0.4 is 14.8 Å². The van der Waals surface area contributed by atoms with E-state index in [1.165, 1.54) is 12.1 Å². The molecule has 0 fully saturated rings. The molecule has 0 saturated carbocycles. The van der Waals surface area contributed by atoms with Crippen LogP contribution in [0.3, 0.4) is 0 Å². The van der Waals surface area contributed by atoms with Gasteiger partial charge >= 0.3 is 0 Å². The van der Waals surface area contributed by atoms with Crippen LogP contribution >= 0.6 is 0 Å². The maximum Gasteiger partial charge on any atom is 0.243 e. The Kier molecular flexibility index (Phi) is 11.6. The first-order chi connectivity index (χ1) is 18.5. The molecule has 3 aromatic rings. The van der Waals surface area contributed by atoms with Gasteiger partial charge in [-0.2, -0.15) is 0 Å². The highest BCUT2D eigenvalue weighted by molar-refractivity contribution is 5.88. The zero-order chi connectivity index (χ0) is 27.2. The van der Waals surface area contributed by atoms with Crippen LogP contribution in [0.15, 0.2) is 78.9 Å². The minimum absolute atomic E-state index is 0.153. The van der Waals surface area contributed by atoms with Gasteiger partial charge in [0.05, 0.1) is 13.7 Å². The minimum atomic E-state index is -0.700. The molecule has 1 N–H and O–H groups in total. The quantitative estimate of drug-likeness (QED) is 0.267. The van der Waals surface area contributed by atoms with Crippen LogP contribution in [0.2, 0.25) is 0 Å². The summed E-state index contributed by atoms with van der Waals surface area (Å²) in [6.45, 7) is 3.17. The summed E-state index contributed by atoms with van der Waals surface area (Å²) in [5, 5.41) is 3.00. The summed E-state index contributed by atoms with van der Waals surface area (Å²) < 4.78 is 24.5. The van der Waals surface area contributed by atoms with Crippen molar-refractivity contribution in [2.45, 2.75) is 51.6 Å². The molecule has 2 amide bonds. The second kappa shape index (κ2) is 15.4. The van der Waals surface area contributed by atoms with Crippen molar-refractivity contribution in [3.8, 4) is 11.5 Å². The van der Waals surface area contributed by atoms with Crippen LogP contribution in [0.5, 0.6) is 11.5 Å². The highest BCUT2D eigenvalue weighted by Gasteiger charge is 2.30. The van der Waals surface area contributed by atoms with Crippen LogP contribution in [0, 0.1) is 5.82 Å². The van der Waals surface area contributed by atoms with E-state index in [1.54, 1.807) is 24.1 Å². The van der Waals surface area contributed by atoms with E-state index in [4.69, 9.17) is 9.47 Å². The Labute approximate surface area is 224 Å². The van der Waals surface area contributed by atoms with E-state index in [0.29, 0.717) is 31.7 Å². The molecule has 0 aliphatic rings. The van der Waals surface area contributed by atoms with Crippen molar-refractivity contribution < 1.29 is 23.5 Å². The van der Waals surface area contributed by atoms with Gasteiger partial charge in [-0.15, -0.1) is 0 Å². The topological polar surface area (TPSA) is 67.9 Å². The molecule has 0 spiro atoms. The zero-order valence-electron chi connectivity index (χ0n) is 22.2. The van der Waals surface area contributed by atoms with Crippen molar-refractivity contribution in [2.75, 3.05) is 20.3 Å². The van der Waals surface area contributed by atoms with Crippen LogP contribution in [-0.2, 0) is 22.6 Å². The fraction of sp³-hybridized carbons (Fsp3) is 0.355. The maximum atomic E-state index is 13.6. The summed E-state index contributed by atoms with van der Waals surface area (Å²) in [6, 6.07) is 22.3. The van der Waals surface area contributed by atoms with E-state index >= 15 is 0 Å². The molecule has 3 aromatic carbocycles. The molecular formula is C31H37FN2O4. The Hall–Kier alpha value is -3.87. The van der Waals surface area contributed by atoms with Gasteiger partial charge in [0.1, 0.15) is 23.4 Å². The number of hydrogen-bond donors (Lipinski definition) is 1. The predicted octanol–water partition coefficient (Wildman–Crippen LogP) is 5.55. The van der Waals surface area contributed by atoms with E-state index in [0.717, 1.165) is 29.7 Å². The van der Waals surface area contributed by atoms with Crippen molar-refractivity contribution >= 4 is 11.8 Å². The lowest BCUT2D eigenvalue weighted by molar-refractivity contribution is -0.141. The predicted molar refractivity (Wildman–Crippen MR) is 147 cm³/mol. The number of rotatable bonds is 15. The number of ether oxygens (including phenoxy) is 2. The molecule has 0 saturated heterocycles. The first kappa shape index (κ1) is 28.7. The van der Waals surface area contributed by atoms with Crippen LogP contribution in [-0.4, -0.2) is 43.0 Å². The van der Waals surface area contributed by atoms with Crippen molar-refractivity contribution in [1.29, 1.82) is 0 Å². The number of halogens is 1. The summed E-state index contributed by atoms with van der Waals surface area (Å²) in [5.74, 6) is 0.747. The Morgan fingerprint density at radius 1 is 0.895 bits per heavy atom. The summed E-state index contributed by atoms with van der Waals surface area (Å²) in [6.07, 6.45) is 2.90. The average Bonchev–Trinajstić information content (AvgIpc) is 2.95. The number of benzene rings is 3. The van der Waals surface area contributed by atoms with Gasteiger partial charge in [-0.25, -0.2) is 4.39 Å². The van der Waals surface area contributed by atoms with Gasteiger partial charge in [-0.3, -0.25) is 9.59 Å². The van der Waals surface area contributed by atoms with Crippen LogP contribution in [0.4, 0.5) is 4.39 Å². The molecule has 38 heavy (non-hydrogen) atoms.